The lowest BCUT2D eigenvalue weighted by Gasteiger charge is -2.22. The van der Waals surface area contributed by atoms with E-state index in [9.17, 15) is 14.7 Å². The Morgan fingerprint density at radius 2 is 1.88 bits per heavy atom. The molecule has 0 aliphatic heterocycles. The molecule has 0 bridgehead atoms. The van der Waals surface area contributed by atoms with Crippen molar-refractivity contribution in [1.82, 2.24) is 15.5 Å². The summed E-state index contributed by atoms with van der Waals surface area (Å²) in [5.74, 6) is -1.43. The Labute approximate surface area is 145 Å². The minimum atomic E-state index is -1.23. The number of aliphatic hydroxyl groups is 1. The molecule has 2 aromatic rings. The van der Waals surface area contributed by atoms with Gasteiger partial charge in [-0.25, -0.2) is 0 Å². The molecular weight excluding hydrogens is 326 g/mol. The van der Waals surface area contributed by atoms with Crippen LogP contribution in [0.15, 0.2) is 30.3 Å². The summed E-state index contributed by atoms with van der Waals surface area (Å²) >= 11 is 1.47. The average Bonchev–Trinajstić information content (AvgIpc) is 2.97. The Balaban J connectivity index is 1.91. The van der Waals surface area contributed by atoms with Gasteiger partial charge in [0.25, 0.3) is 0 Å². The molecule has 1 aromatic heterocycles. The van der Waals surface area contributed by atoms with Crippen molar-refractivity contribution in [2.24, 2.45) is 0 Å². The maximum Gasteiger partial charge on any atom is 0.309 e. The highest BCUT2D eigenvalue weighted by Crippen LogP contribution is 2.32. The second-order valence-electron chi connectivity index (χ2n) is 6.16. The van der Waals surface area contributed by atoms with E-state index in [1.54, 1.807) is 6.92 Å². The zero-order valence-electron chi connectivity index (χ0n) is 14.1. The van der Waals surface area contributed by atoms with Gasteiger partial charge in [0.2, 0.25) is 0 Å². The van der Waals surface area contributed by atoms with Crippen LogP contribution in [0.5, 0.6) is 0 Å². The predicted octanol–water partition coefficient (Wildman–Crippen LogP) is 0.903. The lowest BCUT2D eigenvalue weighted by molar-refractivity contribution is -0.139. The molecule has 24 heavy (non-hydrogen) atoms. The number of amides is 2. The summed E-state index contributed by atoms with van der Waals surface area (Å²) in [4.78, 5) is 26.2. The fourth-order valence-electron chi connectivity index (χ4n) is 2.14. The molecule has 0 radical (unpaired) electrons. The first kappa shape index (κ1) is 18.4. The van der Waals surface area contributed by atoms with E-state index >= 15 is 0 Å². The van der Waals surface area contributed by atoms with E-state index in [0.717, 1.165) is 15.0 Å². The summed E-state index contributed by atoms with van der Waals surface area (Å²) in [6, 6.07) is 9.74. The van der Waals surface area contributed by atoms with Gasteiger partial charge in [-0.05, 0) is 38.5 Å². The number of hydrogen-bond donors (Lipinski definition) is 3. The van der Waals surface area contributed by atoms with Crippen molar-refractivity contribution in [2.45, 2.75) is 12.5 Å². The second kappa shape index (κ2) is 7.74. The molecule has 0 saturated heterocycles. The average molecular weight is 349 g/mol. The summed E-state index contributed by atoms with van der Waals surface area (Å²) in [7, 11) is 3.77. The molecule has 1 aromatic carbocycles. The Morgan fingerprint density at radius 3 is 2.54 bits per heavy atom. The van der Waals surface area contributed by atoms with Crippen LogP contribution >= 0.6 is 11.3 Å². The number of benzene rings is 1. The van der Waals surface area contributed by atoms with Crippen LogP contribution in [0.25, 0.3) is 10.1 Å². The first-order valence-corrected chi connectivity index (χ1v) is 8.53. The third kappa shape index (κ3) is 4.77. The maximum absolute atomic E-state index is 11.8. The molecule has 0 spiro atoms. The number of carbonyl (C=O) groups is 2. The van der Waals surface area contributed by atoms with Crippen molar-refractivity contribution >= 4 is 33.2 Å². The van der Waals surface area contributed by atoms with E-state index in [1.165, 1.54) is 11.3 Å². The second-order valence-corrected chi connectivity index (χ2v) is 7.25. The Bertz CT molecular complexity index is 692. The van der Waals surface area contributed by atoms with Crippen molar-refractivity contribution < 1.29 is 14.7 Å². The summed E-state index contributed by atoms with van der Waals surface area (Å²) < 4.78 is 1.07. The predicted molar refractivity (Wildman–Crippen MR) is 96.0 cm³/mol. The molecule has 6 nitrogen and oxygen atoms in total. The van der Waals surface area contributed by atoms with E-state index in [4.69, 9.17) is 0 Å². The van der Waals surface area contributed by atoms with E-state index in [0.29, 0.717) is 13.1 Å². The monoisotopic (exact) mass is 349 g/mol. The van der Waals surface area contributed by atoms with Crippen LogP contribution in [0, 0.1) is 0 Å². The van der Waals surface area contributed by atoms with Gasteiger partial charge >= 0.3 is 11.8 Å². The van der Waals surface area contributed by atoms with Crippen LogP contribution in [-0.2, 0) is 15.2 Å². The lowest BCUT2D eigenvalue weighted by Crippen LogP contribution is -2.46. The van der Waals surface area contributed by atoms with E-state index in [2.05, 4.69) is 10.6 Å². The number of hydrogen-bond acceptors (Lipinski definition) is 5. The van der Waals surface area contributed by atoms with E-state index < -0.39 is 17.4 Å². The number of carbonyl (C=O) groups excluding carboxylic acids is 2. The minimum absolute atomic E-state index is 0.0280. The first-order chi connectivity index (χ1) is 11.3. The van der Waals surface area contributed by atoms with Crippen LogP contribution < -0.4 is 10.6 Å². The van der Waals surface area contributed by atoms with Gasteiger partial charge in [-0.3, -0.25) is 9.59 Å². The normalized spacial score (nSPS) is 13.7. The fourth-order valence-corrected chi connectivity index (χ4v) is 3.25. The van der Waals surface area contributed by atoms with Crippen LogP contribution in [-0.4, -0.2) is 55.6 Å². The summed E-state index contributed by atoms with van der Waals surface area (Å²) in [5.41, 5.74) is -1.23. The van der Waals surface area contributed by atoms with Crippen LogP contribution in [0.3, 0.4) is 0 Å². The van der Waals surface area contributed by atoms with Gasteiger partial charge in [-0.15, -0.1) is 11.3 Å². The molecular formula is C17H23N3O3S. The molecule has 1 atom stereocenters. The van der Waals surface area contributed by atoms with Crippen LogP contribution in [0.1, 0.15) is 11.8 Å². The molecule has 2 rings (SSSR count). The number of rotatable bonds is 6. The van der Waals surface area contributed by atoms with Crippen molar-refractivity contribution in [3.05, 3.63) is 35.2 Å². The highest BCUT2D eigenvalue weighted by Gasteiger charge is 2.27. The fraction of sp³-hybridized carbons (Fsp3) is 0.412. The summed E-state index contributed by atoms with van der Waals surface area (Å²) in [5, 5.41) is 16.7. The molecule has 1 heterocycles. The van der Waals surface area contributed by atoms with Crippen molar-refractivity contribution in [3.8, 4) is 0 Å². The Hall–Kier alpha value is -1.96. The van der Waals surface area contributed by atoms with Crippen molar-refractivity contribution in [3.63, 3.8) is 0 Å². The highest BCUT2D eigenvalue weighted by molar-refractivity contribution is 7.19. The van der Waals surface area contributed by atoms with Gasteiger partial charge < -0.3 is 20.6 Å². The number of fused-ring (bicyclic) bond motifs is 1. The van der Waals surface area contributed by atoms with Gasteiger partial charge in [-0.1, -0.05) is 18.2 Å². The third-order valence-corrected chi connectivity index (χ3v) is 4.97. The molecule has 3 N–H and O–H groups in total. The Kier molecular flexibility index (Phi) is 5.93. The molecule has 130 valence electrons. The largest absolute Gasteiger partial charge is 0.383 e. The number of nitrogens with zero attached hydrogens (tertiary/aromatic N) is 1. The molecule has 2 amide bonds. The Morgan fingerprint density at radius 1 is 1.21 bits per heavy atom. The lowest BCUT2D eigenvalue weighted by atomic mass is 10.0. The van der Waals surface area contributed by atoms with Crippen LogP contribution in [0.4, 0.5) is 0 Å². The zero-order chi connectivity index (χ0) is 17.7. The molecule has 0 aliphatic rings. The minimum Gasteiger partial charge on any atom is -0.383 e. The van der Waals surface area contributed by atoms with Crippen LogP contribution in [0.2, 0.25) is 0 Å². The summed E-state index contributed by atoms with van der Waals surface area (Å²) in [6.45, 7) is 2.65. The zero-order valence-corrected chi connectivity index (χ0v) is 14.9. The first-order valence-electron chi connectivity index (χ1n) is 7.72. The highest BCUT2D eigenvalue weighted by atomic mass is 32.1. The van der Waals surface area contributed by atoms with Crippen molar-refractivity contribution in [1.29, 1.82) is 0 Å². The third-order valence-electron chi connectivity index (χ3n) is 3.60. The van der Waals surface area contributed by atoms with Gasteiger partial charge in [0.05, 0.1) is 6.54 Å². The molecule has 0 saturated carbocycles. The van der Waals surface area contributed by atoms with E-state index in [-0.39, 0.29) is 6.54 Å². The SMILES string of the molecule is CN(C)CCNC(=O)C(=O)NCC(C)(O)c1cc2ccccc2s1. The number of likely N-dealkylation sites (N-methyl/N-ethyl adjacent to an activating group) is 1. The smallest absolute Gasteiger partial charge is 0.309 e. The molecule has 7 heteroatoms. The van der Waals surface area contributed by atoms with Gasteiger partial charge in [0.15, 0.2) is 0 Å². The quantitative estimate of drug-likeness (QED) is 0.677. The van der Waals surface area contributed by atoms with Crippen molar-refractivity contribution in [2.75, 3.05) is 33.7 Å². The maximum atomic E-state index is 11.8. The van der Waals surface area contributed by atoms with Gasteiger partial charge in [0.1, 0.15) is 5.60 Å². The van der Waals surface area contributed by atoms with Gasteiger partial charge in [0, 0.05) is 22.7 Å². The molecule has 1 unspecified atom stereocenters. The standard InChI is InChI=1S/C17H23N3O3S/c1-17(23,14-10-12-6-4-5-7-13(12)24-14)11-19-16(22)15(21)18-8-9-20(2)3/h4-7,10,23H,8-9,11H2,1-3H3,(H,18,21)(H,19,22). The molecule has 0 fully saturated rings. The molecule has 0 aliphatic carbocycles. The topological polar surface area (TPSA) is 81.7 Å². The van der Waals surface area contributed by atoms with Gasteiger partial charge in [-0.2, -0.15) is 0 Å². The summed E-state index contributed by atoms with van der Waals surface area (Å²) in [6.07, 6.45) is 0. The number of thiophene rings is 1. The van der Waals surface area contributed by atoms with E-state index in [1.807, 2.05) is 49.3 Å². The number of nitrogens with one attached hydrogen (secondary N) is 2.